The number of nitrogens with one attached hydrogen (secondary N) is 1. The number of aromatic hydroxyl groups is 1. The lowest BCUT2D eigenvalue weighted by Crippen LogP contribution is -2.24. The summed E-state index contributed by atoms with van der Waals surface area (Å²) >= 11 is 1.90. The zero-order valence-corrected chi connectivity index (χ0v) is 18.4. The van der Waals surface area contributed by atoms with Crippen molar-refractivity contribution in [2.45, 2.75) is 37.6 Å². The molecule has 0 amide bonds. The Morgan fingerprint density at radius 1 is 1.23 bits per heavy atom. The number of nitrogens with zero attached hydrogens (tertiary/aromatic N) is 3. The van der Waals surface area contributed by atoms with Crippen LogP contribution in [0.25, 0.3) is 10.9 Å². The maximum absolute atomic E-state index is 10.4. The second-order valence-electron chi connectivity index (χ2n) is 8.37. The number of nitrogens with two attached hydrogens (primary N) is 1. The van der Waals surface area contributed by atoms with Gasteiger partial charge in [0.05, 0.1) is 28.6 Å². The van der Waals surface area contributed by atoms with Crippen molar-refractivity contribution in [3.63, 3.8) is 0 Å². The van der Waals surface area contributed by atoms with Crippen LogP contribution in [0.15, 0.2) is 52.4 Å². The minimum absolute atomic E-state index is 0.117. The number of aromatic nitrogens is 1. The molecule has 1 aromatic heterocycles. The van der Waals surface area contributed by atoms with E-state index in [2.05, 4.69) is 27.0 Å². The van der Waals surface area contributed by atoms with Crippen LogP contribution in [0.3, 0.4) is 0 Å². The number of fused-ring (bicyclic) bond motifs is 2. The SMILES string of the molecule is CC(=Nc1ccc(CN2CCC3N=CSC3CC2)cc1)c1c(O)[nH]c2ccc(N)cc12. The van der Waals surface area contributed by atoms with Gasteiger partial charge in [-0.25, -0.2) is 0 Å². The third kappa shape index (κ3) is 4.20. The van der Waals surface area contributed by atoms with Crippen LogP contribution in [0, 0.1) is 0 Å². The van der Waals surface area contributed by atoms with E-state index in [1.807, 2.05) is 54.6 Å². The van der Waals surface area contributed by atoms with Gasteiger partial charge in [0.1, 0.15) is 0 Å². The first-order valence-corrected chi connectivity index (χ1v) is 11.7. The minimum Gasteiger partial charge on any atom is -0.494 e. The minimum atomic E-state index is 0.117. The lowest BCUT2D eigenvalue weighted by Gasteiger charge is -2.20. The Hall–Kier alpha value is -2.77. The number of rotatable bonds is 4. The fourth-order valence-corrected chi connectivity index (χ4v) is 5.55. The second-order valence-corrected chi connectivity index (χ2v) is 9.46. The zero-order chi connectivity index (χ0) is 21.4. The fraction of sp³-hybridized carbons (Fsp3) is 0.333. The summed E-state index contributed by atoms with van der Waals surface area (Å²) in [5.74, 6) is 0.117. The molecule has 1 fully saturated rings. The van der Waals surface area contributed by atoms with Crippen molar-refractivity contribution in [3.8, 4) is 5.88 Å². The summed E-state index contributed by atoms with van der Waals surface area (Å²) in [5, 5.41) is 11.9. The average Bonchev–Trinajstić information content (AvgIpc) is 3.28. The molecule has 0 spiro atoms. The predicted molar refractivity (Wildman–Crippen MR) is 131 cm³/mol. The van der Waals surface area contributed by atoms with Gasteiger partial charge in [-0.1, -0.05) is 12.1 Å². The lowest BCUT2D eigenvalue weighted by molar-refractivity contribution is 0.276. The number of thioether (sulfide) groups is 1. The Kier molecular flexibility index (Phi) is 5.46. The van der Waals surface area contributed by atoms with E-state index in [-0.39, 0.29) is 5.88 Å². The van der Waals surface area contributed by atoms with Crippen LogP contribution in [0.4, 0.5) is 11.4 Å². The topological polar surface area (TPSA) is 90.0 Å². The quantitative estimate of drug-likeness (QED) is 0.411. The van der Waals surface area contributed by atoms with E-state index in [9.17, 15) is 5.11 Å². The van der Waals surface area contributed by atoms with Gasteiger partial charge >= 0.3 is 0 Å². The molecule has 0 radical (unpaired) electrons. The van der Waals surface area contributed by atoms with Crippen LogP contribution in [0.5, 0.6) is 5.88 Å². The number of aromatic amines is 1. The standard InChI is InChI=1S/C24H27N5OS/c1-15(23-19-12-17(25)4-7-20(19)28-24(23)30)27-18-5-2-16(3-6-18)13-29-10-8-21-22(9-11-29)31-14-26-21/h2-7,12,14,21-22,28,30H,8-11,13,25H2,1H3. The van der Waals surface area contributed by atoms with Crippen molar-refractivity contribution in [3.05, 3.63) is 53.6 Å². The molecule has 3 aromatic rings. The molecule has 31 heavy (non-hydrogen) atoms. The molecular weight excluding hydrogens is 406 g/mol. The largest absolute Gasteiger partial charge is 0.494 e. The summed E-state index contributed by atoms with van der Waals surface area (Å²) in [5.41, 5.74) is 13.1. The fourth-order valence-electron chi connectivity index (χ4n) is 4.54. The van der Waals surface area contributed by atoms with E-state index in [1.165, 1.54) is 12.0 Å². The molecule has 6 nitrogen and oxygen atoms in total. The van der Waals surface area contributed by atoms with Crippen LogP contribution in [0.1, 0.15) is 30.9 Å². The highest BCUT2D eigenvalue weighted by atomic mass is 32.2. The molecule has 160 valence electrons. The Morgan fingerprint density at radius 3 is 2.87 bits per heavy atom. The second kappa shape index (κ2) is 8.40. The summed E-state index contributed by atoms with van der Waals surface area (Å²) in [6, 6.07) is 14.5. The number of hydrogen-bond acceptors (Lipinski definition) is 6. The number of likely N-dealkylation sites (tertiary alicyclic amines) is 1. The van der Waals surface area contributed by atoms with Crippen molar-refractivity contribution < 1.29 is 5.11 Å². The van der Waals surface area contributed by atoms with Gasteiger partial charge in [-0.15, -0.1) is 11.8 Å². The molecule has 5 rings (SSSR count). The van der Waals surface area contributed by atoms with Gasteiger partial charge < -0.3 is 15.8 Å². The zero-order valence-electron chi connectivity index (χ0n) is 17.6. The molecule has 2 atom stereocenters. The monoisotopic (exact) mass is 433 g/mol. The van der Waals surface area contributed by atoms with Crippen LogP contribution in [-0.2, 0) is 6.54 Å². The van der Waals surface area contributed by atoms with Crippen LogP contribution < -0.4 is 5.73 Å². The molecule has 2 aliphatic heterocycles. The van der Waals surface area contributed by atoms with E-state index in [1.54, 1.807) is 0 Å². The molecule has 2 aliphatic rings. The number of hydrogen-bond donors (Lipinski definition) is 3. The maximum Gasteiger partial charge on any atom is 0.198 e. The number of H-pyrrole nitrogens is 1. The number of nitrogen functional groups attached to an aromatic ring is 1. The third-order valence-corrected chi connectivity index (χ3v) is 7.33. The van der Waals surface area contributed by atoms with Crippen molar-refractivity contribution in [1.29, 1.82) is 0 Å². The molecule has 2 aromatic carbocycles. The lowest BCUT2D eigenvalue weighted by atomic mass is 10.1. The number of benzene rings is 2. The van der Waals surface area contributed by atoms with E-state index >= 15 is 0 Å². The molecule has 4 N–H and O–H groups in total. The highest BCUT2D eigenvalue weighted by Gasteiger charge is 2.28. The van der Waals surface area contributed by atoms with E-state index in [0.29, 0.717) is 22.5 Å². The first-order chi connectivity index (χ1) is 15.1. The average molecular weight is 434 g/mol. The summed E-state index contributed by atoms with van der Waals surface area (Å²) in [4.78, 5) is 14.9. The van der Waals surface area contributed by atoms with Gasteiger partial charge in [-0.05, 0) is 62.2 Å². The maximum atomic E-state index is 10.4. The van der Waals surface area contributed by atoms with Gasteiger partial charge in [0.25, 0.3) is 0 Å². The van der Waals surface area contributed by atoms with E-state index in [0.717, 1.165) is 48.4 Å². The summed E-state index contributed by atoms with van der Waals surface area (Å²) in [6.45, 7) is 5.09. The molecule has 0 bridgehead atoms. The van der Waals surface area contributed by atoms with Crippen molar-refractivity contribution in [2.75, 3.05) is 18.8 Å². The van der Waals surface area contributed by atoms with Gasteiger partial charge in [0.2, 0.25) is 0 Å². The number of anilines is 1. The van der Waals surface area contributed by atoms with Gasteiger partial charge in [0.15, 0.2) is 5.88 Å². The van der Waals surface area contributed by atoms with E-state index < -0.39 is 0 Å². The van der Waals surface area contributed by atoms with Crippen LogP contribution >= 0.6 is 11.8 Å². The third-order valence-electron chi connectivity index (χ3n) is 6.19. The Morgan fingerprint density at radius 2 is 2.03 bits per heavy atom. The predicted octanol–water partition coefficient (Wildman–Crippen LogP) is 4.70. The van der Waals surface area contributed by atoms with Crippen LogP contribution in [0.2, 0.25) is 0 Å². The van der Waals surface area contributed by atoms with Gasteiger partial charge in [-0.2, -0.15) is 0 Å². The van der Waals surface area contributed by atoms with Gasteiger partial charge in [-0.3, -0.25) is 14.9 Å². The molecular formula is C24H27N5OS. The molecule has 3 heterocycles. The highest BCUT2D eigenvalue weighted by Crippen LogP contribution is 2.31. The summed E-state index contributed by atoms with van der Waals surface area (Å²) < 4.78 is 0. The molecule has 7 heteroatoms. The van der Waals surface area contributed by atoms with E-state index in [4.69, 9.17) is 10.7 Å². The molecule has 0 saturated carbocycles. The smallest absolute Gasteiger partial charge is 0.198 e. The first kappa shape index (κ1) is 20.2. The number of aliphatic imine (C=N–C) groups is 2. The summed E-state index contributed by atoms with van der Waals surface area (Å²) in [7, 11) is 0. The normalized spacial score (nSPS) is 22.0. The Labute approximate surface area is 186 Å². The van der Waals surface area contributed by atoms with Crippen LogP contribution in [-0.4, -0.2) is 50.6 Å². The Bertz CT molecular complexity index is 1150. The Balaban J connectivity index is 1.30. The molecule has 1 saturated heterocycles. The summed E-state index contributed by atoms with van der Waals surface area (Å²) in [6.07, 6.45) is 2.35. The highest BCUT2D eigenvalue weighted by molar-refractivity contribution is 8.12. The molecule has 2 unspecified atom stereocenters. The van der Waals surface area contributed by atoms with Crippen molar-refractivity contribution in [2.24, 2.45) is 9.98 Å². The van der Waals surface area contributed by atoms with Gasteiger partial charge in [0, 0.05) is 34.9 Å². The molecule has 0 aliphatic carbocycles. The first-order valence-electron chi connectivity index (χ1n) is 10.7. The van der Waals surface area contributed by atoms with Crippen molar-refractivity contribution >= 4 is 45.3 Å². The van der Waals surface area contributed by atoms with Crippen molar-refractivity contribution in [1.82, 2.24) is 9.88 Å².